The topological polar surface area (TPSA) is 33.3 Å². The second-order valence-corrected chi connectivity index (χ2v) is 5.05. The maximum absolute atomic E-state index is 13.1. The quantitative estimate of drug-likeness (QED) is 0.646. The molecule has 0 aliphatic heterocycles. The van der Waals surface area contributed by atoms with Crippen LogP contribution in [0.15, 0.2) is 78.9 Å². The predicted octanol–water partition coefficient (Wildman–Crippen LogP) is 4.73. The summed E-state index contributed by atoms with van der Waals surface area (Å²) in [6.45, 7) is 0.676. The van der Waals surface area contributed by atoms with Crippen molar-refractivity contribution < 1.29 is 9.13 Å². The minimum absolute atomic E-state index is 0.310. The molecule has 0 aromatic heterocycles. The molecule has 4 heteroatoms. The highest BCUT2D eigenvalue weighted by Crippen LogP contribution is 2.22. The maximum atomic E-state index is 13.1. The van der Waals surface area contributed by atoms with Crippen LogP contribution in [0.5, 0.6) is 11.5 Å². The van der Waals surface area contributed by atoms with Gasteiger partial charge in [-0.1, -0.05) is 36.4 Å². The van der Waals surface area contributed by atoms with Crippen molar-refractivity contribution in [2.75, 3.05) is 5.43 Å². The zero-order chi connectivity index (χ0) is 15.9. The van der Waals surface area contributed by atoms with E-state index in [4.69, 9.17) is 4.74 Å². The first-order valence-corrected chi connectivity index (χ1v) is 7.36. The lowest BCUT2D eigenvalue weighted by Crippen LogP contribution is -2.20. The van der Waals surface area contributed by atoms with E-state index in [0.29, 0.717) is 18.0 Å². The maximum Gasteiger partial charge on any atom is 0.130 e. The molecule has 0 spiro atoms. The standard InChI is InChI=1S/C19H17FN2O/c20-16-5-4-8-19(13-16)23-18-11-9-15(10-12-18)14-21-22-17-6-2-1-3-7-17/h1-13,21-22H,14H2. The molecule has 0 aliphatic rings. The lowest BCUT2D eigenvalue weighted by Gasteiger charge is -2.09. The number of para-hydroxylation sites is 1. The molecule has 2 N–H and O–H groups in total. The van der Waals surface area contributed by atoms with Crippen LogP contribution in [0.2, 0.25) is 0 Å². The molecule has 0 aliphatic carbocycles. The number of hydrogen-bond acceptors (Lipinski definition) is 3. The van der Waals surface area contributed by atoms with E-state index in [2.05, 4.69) is 10.9 Å². The van der Waals surface area contributed by atoms with Gasteiger partial charge in [0.1, 0.15) is 17.3 Å². The first-order valence-electron chi connectivity index (χ1n) is 7.36. The molecule has 3 rings (SSSR count). The van der Waals surface area contributed by atoms with E-state index in [1.165, 1.54) is 12.1 Å². The van der Waals surface area contributed by atoms with Gasteiger partial charge in [-0.05, 0) is 42.0 Å². The smallest absolute Gasteiger partial charge is 0.130 e. The fourth-order valence-electron chi connectivity index (χ4n) is 2.11. The van der Waals surface area contributed by atoms with E-state index < -0.39 is 0 Å². The highest BCUT2D eigenvalue weighted by molar-refractivity contribution is 5.41. The molecular formula is C19H17FN2O. The van der Waals surface area contributed by atoms with Crippen LogP contribution in [0, 0.1) is 5.82 Å². The van der Waals surface area contributed by atoms with Gasteiger partial charge in [0.15, 0.2) is 0 Å². The van der Waals surface area contributed by atoms with Crippen LogP contribution < -0.4 is 15.6 Å². The van der Waals surface area contributed by atoms with E-state index in [9.17, 15) is 4.39 Å². The summed E-state index contributed by atoms with van der Waals surface area (Å²) >= 11 is 0. The number of hydrogen-bond donors (Lipinski definition) is 2. The Morgan fingerprint density at radius 1 is 0.783 bits per heavy atom. The van der Waals surface area contributed by atoms with Gasteiger partial charge in [0.2, 0.25) is 0 Å². The van der Waals surface area contributed by atoms with Crippen LogP contribution in [-0.4, -0.2) is 0 Å². The van der Waals surface area contributed by atoms with Gasteiger partial charge in [-0.2, -0.15) is 0 Å². The molecule has 3 aromatic rings. The largest absolute Gasteiger partial charge is 0.457 e. The number of halogens is 1. The summed E-state index contributed by atoms with van der Waals surface area (Å²) in [7, 11) is 0. The summed E-state index contributed by atoms with van der Waals surface area (Å²) in [5, 5.41) is 0. The van der Waals surface area contributed by atoms with Crippen LogP contribution >= 0.6 is 0 Å². The van der Waals surface area contributed by atoms with E-state index in [1.54, 1.807) is 12.1 Å². The predicted molar refractivity (Wildman–Crippen MR) is 89.8 cm³/mol. The molecule has 0 bridgehead atoms. The molecule has 0 heterocycles. The summed E-state index contributed by atoms with van der Waals surface area (Å²) in [5.41, 5.74) is 8.41. The highest BCUT2D eigenvalue weighted by atomic mass is 19.1. The van der Waals surface area contributed by atoms with Crippen LogP contribution in [0.25, 0.3) is 0 Å². The Labute approximate surface area is 134 Å². The Kier molecular flexibility index (Phi) is 4.86. The normalized spacial score (nSPS) is 10.3. The van der Waals surface area contributed by atoms with Gasteiger partial charge in [0, 0.05) is 18.3 Å². The zero-order valence-electron chi connectivity index (χ0n) is 12.5. The summed E-state index contributed by atoms with van der Waals surface area (Å²) in [4.78, 5) is 0. The number of rotatable bonds is 6. The second kappa shape index (κ2) is 7.42. The van der Waals surface area contributed by atoms with Gasteiger partial charge in [0.05, 0.1) is 0 Å². The van der Waals surface area contributed by atoms with Crippen molar-refractivity contribution in [1.82, 2.24) is 5.43 Å². The van der Waals surface area contributed by atoms with E-state index in [0.717, 1.165) is 11.3 Å². The lowest BCUT2D eigenvalue weighted by atomic mass is 10.2. The molecule has 3 nitrogen and oxygen atoms in total. The molecule has 0 fully saturated rings. The van der Waals surface area contributed by atoms with Gasteiger partial charge in [-0.15, -0.1) is 0 Å². The molecule has 0 saturated heterocycles. The molecule has 116 valence electrons. The molecular weight excluding hydrogens is 291 g/mol. The third-order valence-electron chi connectivity index (χ3n) is 3.25. The van der Waals surface area contributed by atoms with Gasteiger partial charge in [-0.3, -0.25) is 0 Å². The van der Waals surface area contributed by atoms with Crippen molar-refractivity contribution in [3.8, 4) is 11.5 Å². The number of anilines is 1. The Morgan fingerprint density at radius 3 is 2.30 bits per heavy atom. The van der Waals surface area contributed by atoms with E-state index in [-0.39, 0.29) is 5.82 Å². The zero-order valence-corrected chi connectivity index (χ0v) is 12.5. The summed E-state index contributed by atoms with van der Waals surface area (Å²) < 4.78 is 18.7. The lowest BCUT2D eigenvalue weighted by molar-refractivity contribution is 0.476. The van der Waals surface area contributed by atoms with Gasteiger partial charge >= 0.3 is 0 Å². The molecule has 0 atom stereocenters. The van der Waals surface area contributed by atoms with Crippen LogP contribution in [0.1, 0.15) is 5.56 Å². The Balaban J connectivity index is 1.53. The van der Waals surface area contributed by atoms with Gasteiger partial charge < -0.3 is 10.2 Å². The highest BCUT2D eigenvalue weighted by Gasteiger charge is 1.99. The van der Waals surface area contributed by atoms with Crippen molar-refractivity contribution in [3.05, 3.63) is 90.2 Å². The minimum atomic E-state index is -0.310. The number of nitrogens with one attached hydrogen (secondary N) is 2. The van der Waals surface area contributed by atoms with Gasteiger partial charge in [-0.25, -0.2) is 9.82 Å². The minimum Gasteiger partial charge on any atom is -0.457 e. The molecule has 23 heavy (non-hydrogen) atoms. The van der Waals surface area contributed by atoms with Crippen molar-refractivity contribution >= 4 is 5.69 Å². The molecule has 0 saturated carbocycles. The van der Waals surface area contributed by atoms with Crippen molar-refractivity contribution in [2.24, 2.45) is 0 Å². The molecule has 0 radical (unpaired) electrons. The summed E-state index contributed by atoms with van der Waals surface area (Å²) in [6.07, 6.45) is 0. The van der Waals surface area contributed by atoms with Crippen LogP contribution in [0.3, 0.4) is 0 Å². The number of benzene rings is 3. The summed E-state index contributed by atoms with van der Waals surface area (Å²) in [5.74, 6) is 0.854. The first-order chi connectivity index (χ1) is 11.3. The Morgan fingerprint density at radius 2 is 1.57 bits per heavy atom. The number of hydrazine groups is 1. The first kappa shape index (κ1) is 15.1. The Hall–Kier alpha value is -2.85. The van der Waals surface area contributed by atoms with Crippen LogP contribution in [-0.2, 0) is 6.54 Å². The second-order valence-electron chi connectivity index (χ2n) is 5.05. The van der Waals surface area contributed by atoms with E-state index in [1.807, 2.05) is 54.6 Å². The average molecular weight is 308 g/mol. The Bertz CT molecular complexity index is 745. The van der Waals surface area contributed by atoms with E-state index >= 15 is 0 Å². The van der Waals surface area contributed by atoms with Crippen molar-refractivity contribution in [2.45, 2.75) is 6.54 Å². The van der Waals surface area contributed by atoms with Crippen molar-refractivity contribution in [1.29, 1.82) is 0 Å². The third kappa shape index (κ3) is 4.56. The summed E-state index contributed by atoms with van der Waals surface area (Å²) in [6, 6.07) is 23.7. The fraction of sp³-hybridized carbons (Fsp3) is 0.0526. The van der Waals surface area contributed by atoms with Crippen LogP contribution in [0.4, 0.5) is 10.1 Å². The monoisotopic (exact) mass is 308 g/mol. The average Bonchev–Trinajstić information content (AvgIpc) is 2.58. The van der Waals surface area contributed by atoms with Gasteiger partial charge in [0.25, 0.3) is 0 Å². The molecule has 0 unspecified atom stereocenters. The fourth-order valence-corrected chi connectivity index (χ4v) is 2.11. The number of ether oxygens (including phenoxy) is 1. The molecule has 0 amide bonds. The molecule has 3 aromatic carbocycles. The third-order valence-corrected chi connectivity index (χ3v) is 3.25. The van der Waals surface area contributed by atoms with Crippen molar-refractivity contribution in [3.63, 3.8) is 0 Å². The SMILES string of the molecule is Fc1cccc(Oc2ccc(CNNc3ccccc3)cc2)c1.